The molecule has 0 aliphatic carbocycles. The van der Waals surface area contributed by atoms with Gasteiger partial charge in [0, 0.05) is 4.88 Å². The zero-order valence-corrected chi connectivity index (χ0v) is 9.09. The minimum absolute atomic E-state index is 0.476. The number of nitrogens with zero attached hydrogens (tertiary/aromatic N) is 2. The number of aliphatic hydroxyl groups excluding tert-OH is 1. The SMILES string of the molecule is OC(CCc1cccs1)c1cnsn1. The smallest absolute Gasteiger partial charge is 0.103 e. The van der Waals surface area contributed by atoms with Gasteiger partial charge in [-0.05, 0) is 24.3 Å². The van der Waals surface area contributed by atoms with E-state index in [0.29, 0.717) is 12.1 Å². The van der Waals surface area contributed by atoms with E-state index in [9.17, 15) is 5.11 Å². The van der Waals surface area contributed by atoms with E-state index >= 15 is 0 Å². The lowest BCUT2D eigenvalue weighted by Crippen LogP contribution is -1.98. The van der Waals surface area contributed by atoms with E-state index < -0.39 is 6.10 Å². The fourth-order valence-electron chi connectivity index (χ4n) is 1.20. The highest BCUT2D eigenvalue weighted by Crippen LogP contribution is 2.19. The zero-order chi connectivity index (χ0) is 9.80. The molecule has 2 aromatic heterocycles. The molecule has 0 spiro atoms. The molecule has 2 aromatic rings. The summed E-state index contributed by atoms with van der Waals surface area (Å²) in [6.07, 6.45) is 2.77. The van der Waals surface area contributed by atoms with Gasteiger partial charge in [-0.15, -0.1) is 11.3 Å². The first-order chi connectivity index (χ1) is 6.86. The molecule has 0 saturated carbocycles. The van der Waals surface area contributed by atoms with Crippen molar-refractivity contribution in [3.63, 3.8) is 0 Å². The Labute approximate surface area is 90.4 Å². The van der Waals surface area contributed by atoms with Gasteiger partial charge in [-0.2, -0.15) is 8.75 Å². The number of hydrogen-bond acceptors (Lipinski definition) is 5. The summed E-state index contributed by atoms with van der Waals surface area (Å²) in [4.78, 5) is 1.30. The summed E-state index contributed by atoms with van der Waals surface area (Å²) in [6, 6.07) is 4.10. The van der Waals surface area contributed by atoms with Crippen LogP contribution < -0.4 is 0 Å². The van der Waals surface area contributed by atoms with E-state index in [2.05, 4.69) is 14.8 Å². The zero-order valence-electron chi connectivity index (χ0n) is 7.46. The molecule has 0 saturated heterocycles. The van der Waals surface area contributed by atoms with Crippen molar-refractivity contribution < 1.29 is 5.11 Å². The lowest BCUT2D eigenvalue weighted by Gasteiger charge is -2.04. The number of hydrogen-bond donors (Lipinski definition) is 1. The van der Waals surface area contributed by atoms with Crippen LogP contribution in [0.1, 0.15) is 23.1 Å². The maximum Gasteiger partial charge on any atom is 0.103 e. The maximum absolute atomic E-state index is 9.72. The van der Waals surface area contributed by atoms with Gasteiger partial charge >= 0.3 is 0 Å². The topological polar surface area (TPSA) is 46.0 Å². The first-order valence-electron chi connectivity index (χ1n) is 4.34. The van der Waals surface area contributed by atoms with Crippen molar-refractivity contribution in [3.8, 4) is 0 Å². The predicted molar refractivity (Wildman–Crippen MR) is 57.5 cm³/mol. The minimum atomic E-state index is -0.476. The van der Waals surface area contributed by atoms with Gasteiger partial charge in [0.2, 0.25) is 0 Å². The number of aliphatic hydroxyl groups is 1. The molecule has 74 valence electrons. The molecule has 0 radical (unpaired) electrons. The van der Waals surface area contributed by atoms with Gasteiger partial charge in [0.05, 0.1) is 24.0 Å². The lowest BCUT2D eigenvalue weighted by molar-refractivity contribution is 0.164. The van der Waals surface area contributed by atoms with E-state index in [4.69, 9.17) is 0 Å². The van der Waals surface area contributed by atoms with Crippen LogP contribution in [0.4, 0.5) is 0 Å². The van der Waals surface area contributed by atoms with Crippen LogP contribution in [-0.2, 0) is 6.42 Å². The van der Waals surface area contributed by atoms with E-state index in [-0.39, 0.29) is 0 Å². The van der Waals surface area contributed by atoms with Crippen molar-refractivity contribution in [2.24, 2.45) is 0 Å². The van der Waals surface area contributed by atoms with Gasteiger partial charge in [0.1, 0.15) is 5.69 Å². The molecule has 0 aromatic carbocycles. The molecular formula is C9H10N2OS2. The standard InChI is InChI=1S/C9H10N2OS2/c12-9(8-6-10-14-11-8)4-3-7-2-1-5-13-7/h1-2,5-6,9,12H,3-4H2. The Morgan fingerprint density at radius 2 is 2.43 bits per heavy atom. The fourth-order valence-corrected chi connectivity index (χ4v) is 2.39. The van der Waals surface area contributed by atoms with Crippen molar-refractivity contribution in [1.29, 1.82) is 0 Å². The lowest BCUT2D eigenvalue weighted by atomic mass is 10.1. The third-order valence-corrected chi connectivity index (χ3v) is 3.39. The first-order valence-corrected chi connectivity index (χ1v) is 5.95. The van der Waals surface area contributed by atoms with Gasteiger partial charge in [0.25, 0.3) is 0 Å². The van der Waals surface area contributed by atoms with Crippen LogP contribution in [0.2, 0.25) is 0 Å². The summed E-state index contributed by atoms with van der Waals surface area (Å²) in [5, 5.41) is 11.8. The van der Waals surface area contributed by atoms with Crippen molar-refractivity contribution in [1.82, 2.24) is 8.75 Å². The second-order valence-electron chi connectivity index (χ2n) is 2.97. The molecule has 3 nitrogen and oxygen atoms in total. The second kappa shape index (κ2) is 4.63. The molecule has 1 atom stereocenters. The van der Waals surface area contributed by atoms with Crippen molar-refractivity contribution in [3.05, 3.63) is 34.3 Å². The number of aryl methyl sites for hydroxylation is 1. The van der Waals surface area contributed by atoms with Gasteiger partial charge < -0.3 is 5.11 Å². The Balaban J connectivity index is 1.87. The van der Waals surface area contributed by atoms with Crippen LogP contribution in [0.5, 0.6) is 0 Å². The molecule has 2 rings (SSSR count). The molecule has 14 heavy (non-hydrogen) atoms. The molecule has 1 unspecified atom stereocenters. The Bertz CT molecular complexity index is 358. The molecule has 0 bridgehead atoms. The van der Waals surface area contributed by atoms with Crippen LogP contribution in [0.25, 0.3) is 0 Å². The van der Waals surface area contributed by atoms with Gasteiger partial charge in [-0.3, -0.25) is 0 Å². The summed E-state index contributed by atoms with van der Waals surface area (Å²) in [5.74, 6) is 0. The second-order valence-corrected chi connectivity index (χ2v) is 4.56. The third-order valence-electron chi connectivity index (χ3n) is 1.96. The number of aromatic nitrogens is 2. The van der Waals surface area contributed by atoms with Crippen LogP contribution in [-0.4, -0.2) is 13.9 Å². The van der Waals surface area contributed by atoms with Crippen LogP contribution in [0, 0.1) is 0 Å². The van der Waals surface area contributed by atoms with Gasteiger partial charge in [-0.25, -0.2) is 0 Å². The molecule has 0 aliphatic heterocycles. The van der Waals surface area contributed by atoms with Crippen LogP contribution in [0.3, 0.4) is 0 Å². The highest BCUT2D eigenvalue weighted by Gasteiger charge is 2.10. The average Bonchev–Trinajstić information content (AvgIpc) is 2.87. The van der Waals surface area contributed by atoms with E-state index in [1.54, 1.807) is 17.5 Å². The highest BCUT2D eigenvalue weighted by atomic mass is 32.1. The summed E-state index contributed by atoms with van der Waals surface area (Å²) < 4.78 is 7.86. The average molecular weight is 226 g/mol. The molecule has 1 N–H and O–H groups in total. The molecular weight excluding hydrogens is 216 g/mol. The minimum Gasteiger partial charge on any atom is -0.387 e. The molecule has 0 aliphatic rings. The third kappa shape index (κ3) is 2.37. The Hall–Kier alpha value is -0.780. The monoisotopic (exact) mass is 226 g/mol. The normalized spacial score (nSPS) is 12.9. The van der Waals surface area contributed by atoms with E-state index in [1.807, 2.05) is 11.4 Å². The highest BCUT2D eigenvalue weighted by molar-refractivity contribution is 7.09. The summed E-state index contributed by atoms with van der Waals surface area (Å²) in [5.41, 5.74) is 0.687. The van der Waals surface area contributed by atoms with Crippen molar-refractivity contribution in [2.75, 3.05) is 0 Å². The van der Waals surface area contributed by atoms with Crippen molar-refractivity contribution in [2.45, 2.75) is 18.9 Å². The maximum atomic E-state index is 9.72. The van der Waals surface area contributed by atoms with Gasteiger partial charge in [0.15, 0.2) is 0 Å². The summed E-state index contributed by atoms with van der Waals surface area (Å²) in [7, 11) is 0. The Kier molecular flexibility index (Phi) is 3.23. The quantitative estimate of drug-likeness (QED) is 0.870. The largest absolute Gasteiger partial charge is 0.387 e. The van der Waals surface area contributed by atoms with Crippen molar-refractivity contribution >= 4 is 23.1 Å². The van der Waals surface area contributed by atoms with Gasteiger partial charge in [-0.1, -0.05) is 6.07 Å². The van der Waals surface area contributed by atoms with E-state index in [0.717, 1.165) is 18.1 Å². The number of thiophene rings is 1. The predicted octanol–water partition coefficient (Wildman–Crippen LogP) is 2.27. The molecule has 2 heterocycles. The fraction of sp³-hybridized carbons (Fsp3) is 0.333. The Morgan fingerprint density at radius 3 is 3.07 bits per heavy atom. The Morgan fingerprint density at radius 1 is 1.50 bits per heavy atom. The molecule has 0 fully saturated rings. The van der Waals surface area contributed by atoms with Crippen LogP contribution in [0.15, 0.2) is 23.7 Å². The summed E-state index contributed by atoms with van der Waals surface area (Å²) >= 11 is 2.85. The molecule has 5 heteroatoms. The van der Waals surface area contributed by atoms with E-state index in [1.165, 1.54) is 4.88 Å². The molecule has 0 amide bonds. The number of rotatable bonds is 4. The first kappa shape index (κ1) is 9.76. The van der Waals surface area contributed by atoms with Crippen LogP contribution >= 0.6 is 23.1 Å². The summed E-state index contributed by atoms with van der Waals surface area (Å²) in [6.45, 7) is 0.